The molecule has 2 heterocycles. The Kier molecular flexibility index (Phi) is 2.95. The lowest BCUT2D eigenvalue weighted by atomic mass is 10.4. The van der Waals surface area contributed by atoms with Crippen LogP contribution in [0, 0.1) is 10.1 Å². The molecule has 2 rings (SSSR count). The van der Waals surface area contributed by atoms with Gasteiger partial charge in [-0.25, -0.2) is 4.98 Å². The third-order valence-corrected chi connectivity index (χ3v) is 2.11. The molecule has 8 heteroatoms. The van der Waals surface area contributed by atoms with Crippen molar-refractivity contribution >= 4 is 11.6 Å². The SMILES string of the molecule is CNc1cnc(Cn2cnc([N+](=O)[O-])c2)cn1. The summed E-state index contributed by atoms with van der Waals surface area (Å²) in [5.74, 6) is 0.496. The first-order valence-electron chi connectivity index (χ1n) is 4.84. The van der Waals surface area contributed by atoms with Gasteiger partial charge in [0.25, 0.3) is 0 Å². The maximum atomic E-state index is 10.4. The van der Waals surface area contributed by atoms with Crippen LogP contribution >= 0.6 is 0 Å². The monoisotopic (exact) mass is 234 g/mol. The lowest BCUT2D eigenvalue weighted by Crippen LogP contribution is -2.01. The molecule has 0 aliphatic rings. The summed E-state index contributed by atoms with van der Waals surface area (Å²) in [5, 5.41) is 13.3. The average Bonchev–Trinajstić information content (AvgIpc) is 2.79. The number of nitro groups is 1. The van der Waals surface area contributed by atoms with E-state index < -0.39 is 4.92 Å². The molecule has 0 aliphatic heterocycles. The van der Waals surface area contributed by atoms with Crippen LogP contribution in [0.15, 0.2) is 24.9 Å². The van der Waals surface area contributed by atoms with E-state index in [0.717, 1.165) is 0 Å². The van der Waals surface area contributed by atoms with E-state index in [1.165, 1.54) is 12.5 Å². The Morgan fingerprint density at radius 2 is 2.24 bits per heavy atom. The molecule has 0 atom stereocenters. The first kappa shape index (κ1) is 11.0. The zero-order valence-electron chi connectivity index (χ0n) is 9.07. The molecule has 8 nitrogen and oxygen atoms in total. The Morgan fingerprint density at radius 1 is 1.41 bits per heavy atom. The van der Waals surface area contributed by atoms with Crippen LogP contribution in [0.3, 0.4) is 0 Å². The molecule has 0 unspecified atom stereocenters. The minimum atomic E-state index is -0.535. The summed E-state index contributed by atoms with van der Waals surface area (Å²) in [6, 6.07) is 0. The van der Waals surface area contributed by atoms with Gasteiger partial charge in [0.1, 0.15) is 12.0 Å². The van der Waals surface area contributed by atoms with Crippen molar-refractivity contribution in [3.63, 3.8) is 0 Å². The van der Waals surface area contributed by atoms with Gasteiger partial charge in [-0.15, -0.1) is 0 Å². The summed E-state index contributed by atoms with van der Waals surface area (Å²) in [5.41, 5.74) is 0.705. The summed E-state index contributed by atoms with van der Waals surface area (Å²) < 4.78 is 1.58. The van der Waals surface area contributed by atoms with Gasteiger partial charge >= 0.3 is 5.82 Å². The fourth-order valence-corrected chi connectivity index (χ4v) is 1.28. The molecule has 0 radical (unpaired) electrons. The predicted octanol–water partition coefficient (Wildman–Crippen LogP) is 0.671. The number of rotatable bonds is 4. The van der Waals surface area contributed by atoms with Gasteiger partial charge in [-0.05, 0) is 9.91 Å². The first-order chi connectivity index (χ1) is 8.19. The van der Waals surface area contributed by atoms with Crippen LogP contribution in [0.4, 0.5) is 11.6 Å². The van der Waals surface area contributed by atoms with Crippen molar-refractivity contribution in [3.8, 4) is 0 Å². The van der Waals surface area contributed by atoms with Gasteiger partial charge in [-0.2, -0.15) is 0 Å². The lowest BCUT2D eigenvalue weighted by molar-refractivity contribution is -0.389. The minimum absolute atomic E-state index is 0.176. The standard InChI is InChI=1S/C9H10N6O2/c1-10-8-3-11-7(2-12-8)4-14-5-9(13-6-14)15(16)17/h2-3,5-6H,4H2,1H3,(H,10,12). The van der Waals surface area contributed by atoms with E-state index >= 15 is 0 Å². The smallest absolute Gasteiger partial charge is 0.372 e. The van der Waals surface area contributed by atoms with Gasteiger partial charge in [0, 0.05) is 7.05 Å². The van der Waals surface area contributed by atoms with E-state index in [9.17, 15) is 10.1 Å². The Bertz CT molecular complexity index is 521. The molecule has 0 amide bonds. The van der Waals surface area contributed by atoms with Crippen molar-refractivity contribution < 1.29 is 4.92 Å². The summed E-state index contributed by atoms with van der Waals surface area (Å²) in [6.45, 7) is 0.401. The Balaban J connectivity index is 2.11. The van der Waals surface area contributed by atoms with Crippen molar-refractivity contribution in [3.05, 3.63) is 40.7 Å². The zero-order valence-corrected chi connectivity index (χ0v) is 9.07. The third-order valence-electron chi connectivity index (χ3n) is 2.11. The number of nitrogens with one attached hydrogen (secondary N) is 1. The fourth-order valence-electron chi connectivity index (χ4n) is 1.28. The van der Waals surface area contributed by atoms with Crippen molar-refractivity contribution in [2.24, 2.45) is 0 Å². The normalized spacial score (nSPS) is 10.2. The van der Waals surface area contributed by atoms with Crippen LogP contribution in [-0.4, -0.2) is 31.5 Å². The van der Waals surface area contributed by atoms with Gasteiger partial charge in [0.2, 0.25) is 6.33 Å². The van der Waals surface area contributed by atoms with Crippen LogP contribution in [0.2, 0.25) is 0 Å². The molecule has 2 aromatic heterocycles. The van der Waals surface area contributed by atoms with Gasteiger partial charge in [0.05, 0.1) is 24.6 Å². The molecule has 0 saturated heterocycles. The number of hydrogen-bond acceptors (Lipinski definition) is 6. The second-order valence-electron chi connectivity index (χ2n) is 3.30. The molecule has 0 spiro atoms. The minimum Gasteiger partial charge on any atom is -0.372 e. The van der Waals surface area contributed by atoms with E-state index in [-0.39, 0.29) is 5.82 Å². The van der Waals surface area contributed by atoms with E-state index in [0.29, 0.717) is 18.1 Å². The molecule has 88 valence electrons. The molecule has 0 fully saturated rings. The van der Waals surface area contributed by atoms with Gasteiger partial charge < -0.3 is 20.0 Å². The van der Waals surface area contributed by atoms with Gasteiger partial charge in [0.15, 0.2) is 0 Å². The number of hydrogen-bond donors (Lipinski definition) is 1. The number of imidazole rings is 1. The van der Waals surface area contributed by atoms with E-state index in [1.807, 2.05) is 0 Å². The lowest BCUT2D eigenvalue weighted by Gasteiger charge is -2.01. The highest BCUT2D eigenvalue weighted by Gasteiger charge is 2.10. The van der Waals surface area contributed by atoms with Crippen molar-refractivity contribution in [2.75, 3.05) is 12.4 Å². The number of anilines is 1. The molecule has 0 aliphatic carbocycles. The molecule has 0 aromatic carbocycles. The highest BCUT2D eigenvalue weighted by atomic mass is 16.6. The van der Waals surface area contributed by atoms with E-state index in [1.54, 1.807) is 24.0 Å². The maximum Gasteiger partial charge on any atom is 0.381 e. The molecular weight excluding hydrogens is 224 g/mol. The summed E-state index contributed by atoms with van der Waals surface area (Å²) in [4.78, 5) is 21.8. The number of aromatic nitrogens is 4. The number of nitrogens with zero attached hydrogens (tertiary/aromatic N) is 5. The fraction of sp³-hybridized carbons (Fsp3) is 0.222. The van der Waals surface area contributed by atoms with Gasteiger partial charge in [-0.1, -0.05) is 0 Å². The Labute approximate surface area is 96.5 Å². The van der Waals surface area contributed by atoms with Crippen LogP contribution in [-0.2, 0) is 6.54 Å². The second-order valence-corrected chi connectivity index (χ2v) is 3.30. The molecular formula is C9H10N6O2. The van der Waals surface area contributed by atoms with Crippen LogP contribution in [0.1, 0.15) is 5.69 Å². The van der Waals surface area contributed by atoms with E-state index in [2.05, 4.69) is 20.3 Å². The molecule has 0 saturated carbocycles. The topological polar surface area (TPSA) is 98.8 Å². The van der Waals surface area contributed by atoms with Crippen molar-refractivity contribution in [1.29, 1.82) is 0 Å². The van der Waals surface area contributed by atoms with Crippen LogP contribution in [0.25, 0.3) is 0 Å². The van der Waals surface area contributed by atoms with Crippen LogP contribution in [0.5, 0.6) is 0 Å². The average molecular weight is 234 g/mol. The highest BCUT2D eigenvalue weighted by molar-refractivity contribution is 5.29. The van der Waals surface area contributed by atoms with Crippen molar-refractivity contribution in [2.45, 2.75) is 6.54 Å². The second kappa shape index (κ2) is 4.56. The van der Waals surface area contributed by atoms with E-state index in [4.69, 9.17) is 0 Å². The predicted molar refractivity (Wildman–Crippen MR) is 59.6 cm³/mol. The van der Waals surface area contributed by atoms with Crippen LogP contribution < -0.4 is 5.32 Å². The summed E-state index contributed by atoms with van der Waals surface area (Å²) in [7, 11) is 1.75. The molecule has 1 N–H and O–H groups in total. The molecule has 2 aromatic rings. The Hall–Kier alpha value is -2.51. The summed E-state index contributed by atoms with van der Waals surface area (Å²) in [6.07, 6.45) is 5.96. The van der Waals surface area contributed by atoms with Gasteiger partial charge in [-0.3, -0.25) is 4.98 Å². The largest absolute Gasteiger partial charge is 0.381 e. The maximum absolute atomic E-state index is 10.4. The first-order valence-corrected chi connectivity index (χ1v) is 4.84. The summed E-state index contributed by atoms with van der Waals surface area (Å²) >= 11 is 0. The Morgan fingerprint density at radius 3 is 2.76 bits per heavy atom. The molecule has 17 heavy (non-hydrogen) atoms. The third kappa shape index (κ3) is 2.54. The highest BCUT2D eigenvalue weighted by Crippen LogP contribution is 2.08. The molecule has 0 bridgehead atoms. The van der Waals surface area contributed by atoms with Crippen molar-refractivity contribution in [1.82, 2.24) is 19.5 Å². The quantitative estimate of drug-likeness (QED) is 0.616. The zero-order chi connectivity index (χ0) is 12.3.